The zero-order valence-electron chi connectivity index (χ0n) is 37.3. The van der Waals surface area contributed by atoms with Gasteiger partial charge in [0.05, 0.1) is 66.6 Å². The second-order valence-electron chi connectivity index (χ2n) is 17.7. The molecule has 3 saturated heterocycles. The topological polar surface area (TPSA) is 217 Å². The Kier molecular flexibility index (Phi) is 18.8. The molecular weight excluding hydrogens is 760 g/mol. The third-order valence-electron chi connectivity index (χ3n) is 12.6. The molecule has 0 aromatic carbocycles. The number of methoxy groups -OCH3 is 2. The summed E-state index contributed by atoms with van der Waals surface area (Å²) in [4.78, 5) is 21.8. The molecule has 0 aliphatic carbocycles. The molecule has 18 atom stereocenters. The fraction of sp³-hybridized carbons (Fsp3) is 0.951. The third-order valence-corrected chi connectivity index (χ3v) is 12.6. The Hall–Kier alpha value is -1.58. The number of ether oxygens (including phenoxy) is 8. The van der Waals surface area contributed by atoms with Gasteiger partial charge in [0.15, 0.2) is 12.6 Å². The maximum Gasteiger partial charge on any atom is 0.311 e. The summed E-state index contributed by atoms with van der Waals surface area (Å²) in [6.45, 7) is 17.3. The molecule has 0 amide bonds. The van der Waals surface area contributed by atoms with Gasteiger partial charge in [-0.05, 0) is 74.9 Å². The molecule has 0 radical (unpaired) electrons. The molecule has 17 heteroatoms. The fourth-order valence-corrected chi connectivity index (χ4v) is 8.93. The van der Waals surface area contributed by atoms with Crippen molar-refractivity contribution in [2.24, 2.45) is 28.8 Å². The van der Waals surface area contributed by atoms with Crippen molar-refractivity contribution in [2.45, 2.75) is 179 Å². The number of hydrogen-bond donors (Lipinski definition) is 5. The molecule has 0 unspecified atom stereocenters. The van der Waals surface area contributed by atoms with Gasteiger partial charge >= 0.3 is 5.97 Å². The number of carbonyl (C=O) groups is 1. The van der Waals surface area contributed by atoms with Gasteiger partial charge in [0.1, 0.15) is 23.9 Å². The van der Waals surface area contributed by atoms with Gasteiger partial charge < -0.3 is 73.2 Å². The predicted octanol–water partition coefficient (Wildman–Crippen LogP) is 2.21. The smallest absolute Gasteiger partial charge is 0.311 e. The number of hydrogen-bond acceptors (Lipinski definition) is 17. The number of nitrogens with zero attached hydrogens (tertiary/aromatic N) is 2. The van der Waals surface area contributed by atoms with Crippen molar-refractivity contribution in [1.29, 1.82) is 0 Å². The minimum Gasteiger partial charge on any atom is -0.459 e. The summed E-state index contributed by atoms with van der Waals surface area (Å²) in [5.74, 6) is -4.14. The first-order valence-corrected chi connectivity index (χ1v) is 20.8. The van der Waals surface area contributed by atoms with Crippen LogP contribution in [0.25, 0.3) is 0 Å². The van der Waals surface area contributed by atoms with Gasteiger partial charge in [-0.1, -0.05) is 32.9 Å². The van der Waals surface area contributed by atoms with Crippen LogP contribution in [0.5, 0.6) is 0 Å². The average Bonchev–Trinajstić information content (AvgIpc) is 3.15. The van der Waals surface area contributed by atoms with Crippen LogP contribution in [-0.4, -0.2) is 175 Å². The Morgan fingerprint density at radius 1 is 0.897 bits per heavy atom. The van der Waals surface area contributed by atoms with E-state index in [-0.39, 0.29) is 44.8 Å². The molecule has 0 aromatic rings. The number of rotatable bonds is 13. The van der Waals surface area contributed by atoms with E-state index in [0.29, 0.717) is 18.7 Å². The van der Waals surface area contributed by atoms with Gasteiger partial charge in [0.25, 0.3) is 0 Å². The normalized spacial score (nSPS) is 45.8. The monoisotopic (exact) mass is 837 g/mol. The molecule has 340 valence electrons. The molecule has 0 spiro atoms. The Labute approximate surface area is 345 Å². The SMILES string of the molecule is CC[C@@H]1OC(=O)[C@H](C)[C@H](O[C@@H]2C[C@](C)(OC)[C@H](O)[C@H](C)O2)[C@H](C)[C@H](O[C@@H]2O[C@H](C)C[C@H](N(C)C)[C@@H]2O)[C@](C)(O)C[C@H](C)/C(=N\OCOCCOC)[C@H](C)[C@@H](O)[C@@]1(C)O. The summed E-state index contributed by atoms with van der Waals surface area (Å²) in [5, 5.41) is 63.6. The van der Waals surface area contributed by atoms with Crippen LogP contribution in [0.15, 0.2) is 5.16 Å². The first-order valence-electron chi connectivity index (χ1n) is 20.8. The van der Waals surface area contributed by atoms with E-state index < -0.39 is 102 Å². The van der Waals surface area contributed by atoms with E-state index in [1.165, 1.54) is 14.0 Å². The van der Waals surface area contributed by atoms with Crippen LogP contribution in [0, 0.1) is 23.7 Å². The van der Waals surface area contributed by atoms with E-state index in [4.69, 9.17) is 42.7 Å². The zero-order valence-corrected chi connectivity index (χ0v) is 37.3. The summed E-state index contributed by atoms with van der Waals surface area (Å²) < 4.78 is 48.1. The summed E-state index contributed by atoms with van der Waals surface area (Å²) in [6.07, 6.45) is -9.49. The highest BCUT2D eigenvalue weighted by atomic mass is 16.7. The van der Waals surface area contributed by atoms with Gasteiger partial charge in [-0.2, -0.15) is 0 Å². The molecule has 3 aliphatic heterocycles. The van der Waals surface area contributed by atoms with Crippen molar-refractivity contribution in [3.63, 3.8) is 0 Å². The van der Waals surface area contributed by atoms with Crippen LogP contribution in [0.2, 0.25) is 0 Å². The summed E-state index contributed by atoms with van der Waals surface area (Å²) >= 11 is 0. The van der Waals surface area contributed by atoms with Crippen molar-refractivity contribution in [2.75, 3.05) is 48.3 Å². The van der Waals surface area contributed by atoms with E-state index in [1.807, 2.05) is 32.8 Å². The lowest BCUT2D eigenvalue weighted by Gasteiger charge is -2.49. The Bertz CT molecular complexity index is 1300. The Morgan fingerprint density at radius 2 is 1.55 bits per heavy atom. The zero-order chi connectivity index (χ0) is 43.9. The van der Waals surface area contributed by atoms with Crippen LogP contribution in [0.4, 0.5) is 0 Å². The first-order chi connectivity index (χ1) is 27.0. The Morgan fingerprint density at radius 3 is 2.14 bits per heavy atom. The van der Waals surface area contributed by atoms with Crippen LogP contribution in [0.1, 0.15) is 94.9 Å². The molecule has 3 aliphatic rings. The van der Waals surface area contributed by atoms with Crippen molar-refractivity contribution in [3.05, 3.63) is 0 Å². The standard InChI is InChI=1S/C41H76N2O15/c1-15-29-41(10,49)34(45)24(4)31(42-53-21-52-17-16-50-13)22(2)19-39(8,48)36(58-38-32(44)28(43(11)12)18-23(3)54-38)25(5)33(26(6)37(47)56-29)57-30-20-40(9,51-14)35(46)27(7)55-30/h22-30,32-36,38,44-46,48-49H,15-21H2,1-14H3/b42-31+/t22-,23+,24-,25-,26+,27-,28-,29-,30+,32-,33+,34+,35+,36-,38-,39+,40-,41-/m0/s1. The average molecular weight is 837 g/mol. The van der Waals surface area contributed by atoms with E-state index in [2.05, 4.69) is 5.16 Å². The largest absolute Gasteiger partial charge is 0.459 e. The molecule has 3 fully saturated rings. The molecule has 0 bridgehead atoms. The van der Waals surface area contributed by atoms with E-state index >= 15 is 0 Å². The molecule has 58 heavy (non-hydrogen) atoms. The molecule has 17 nitrogen and oxygen atoms in total. The molecule has 0 saturated carbocycles. The number of aliphatic hydroxyl groups excluding tert-OH is 3. The van der Waals surface area contributed by atoms with Gasteiger partial charge in [0.2, 0.25) is 6.79 Å². The minimum atomic E-state index is -1.97. The van der Waals surface area contributed by atoms with Crippen molar-refractivity contribution in [3.8, 4) is 0 Å². The van der Waals surface area contributed by atoms with Crippen molar-refractivity contribution >= 4 is 11.7 Å². The van der Waals surface area contributed by atoms with Crippen LogP contribution in [-0.2, 0) is 47.5 Å². The first kappa shape index (κ1) is 50.8. The summed E-state index contributed by atoms with van der Waals surface area (Å²) in [5.41, 5.74) is -4.49. The lowest BCUT2D eigenvalue weighted by atomic mass is 9.73. The highest BCUT2D eigenvalue weighted by molar-refractivity contribution is 5.88. The van der Waals surface area contributed by atoms with Gasteiger partial charge in [-0.3, -0.25) is 4.79 Å². The van der Waals surface area contributed by atoms with E-state index in [0.717, 1.165) is 0 Å². The van der Waals surface area contributed by atoms with Crippen LogP contribution < -0.4 is 0 Å². The third kappa shape index (κ3) is 12.1. The van der Waals surface area contributed by atoms with Gasteiger partial charge in [-0.25, -0.2) is 0 Å². The Balaban J connectivity index is 2.22. The summed E-state index contributed by atoms with van der Waals surface area (Å²) in [6, 6.07) is -0.328. The molecule has 3 rings (SSSR count). The maximum absolute atomic E-state index is 14.3. The lowest BCUT2D eigenvalue weighted by molar-refractivity contribution is -0.317. The van der Waals surface area contributed by atoms with Crippen LogP contribution >= 0.6 is 0 Å². The predicted molar refractivity (Wildman–Crippen MR) is 212 cm³/mol. The second kappa shape index (κ2) is 21.5. The number of cyclic esters (lactones) is 1. The van der Waals surface area contributed by atoms with Gasteiger partial charge in [-0.15, -0.1) is 0 Å². The van der Waals surface area contributed by atoms with Crippen LogP contribution in [0.3, 0.4) is 0 Å². The second-order valence-corrected chi connectivity index (χ2v) is 17.7. The highest BCUT2D eigenvalue weighted by Crippen LogP contribution is 2.41. The number of oxime groups is 1. The molecule has 0 aromatic heterocycles. The number of esters is 1. The number of aliphatic hydroxyl groups is 5. The molecular formula is C41H76N2O15. The van der Waals surface area contributed by atoms with Crippen molar-refractivity contribution < 1.29 is 73.1 Å². The van der Waals surface area contributed by atoms with E-state index in [9.17, 15) is 30.3 Å². The molecule has 5 N–H and O–H groups in total. The molecule has 3 heterocycles. The highest BCUT2D eigenvalue weighted by Gasteiger charge is 2.53. The summed E-state index contributed by atoms with van der Waals surface area (Å²) in [7, 11) is 6.76. The number of carbonyl (C=O) groups excluding carboxylic acids is 1. The number of likely N-dealkylation sites (N-methyl/N-ethyl adjacent to an activating group) is 1. The minimum absolute atomic E-state index is 0.0307. The maximum atomic E-state index is 14.3. The quantitative estimate of drug-likeness (QED) is 0.0778. The lowest BCUT2D eigenvalue weighted by Crippen LogP contribution is -2.61. The van der Waals surface area contributed by atoms with Crippen molar-refractivity contribution in [1.82, 2.24) is 4.90 Å². The van der Waals surface area contributed by atoms with Gasteiger partial charge in [0, 0.05) is 44.4 Å². The van der Waals surface area contributed by atoms with E-state index in [1.54, 1.807) is 55.6 Å². The fourth-order valence-electron chi connectivity index (χ4n) is 8.93.